The highest BCUT2D eigenvalue weighted by atomic mass is 28.4. The van der Waals surface area contributed by atoms with E-state index >= 15 is 0 Å². The van der Waals surface area contributed by atoms with E-state index in [1.54, 1.807) is 14.1 Å². The summed E-state index contributed by atoms with van der Waals surface area (Å²) in [5, 5.41) is 0. The molecule has 2 aliphatic heterocycles. The van der Waals surface area contributed by atoms with Gasteiger partial charge in [0.05, 0.1) is 24.3 Å². The Morgan fingerprint density at radius 1 is 0.721 bits per heavy atom. The Bertz CT molecular complexity index is 1900. The van der Waals surface area contributed by atoms with Gasteiger partial charge < -0.3 is 56.2 Å². The molecule has 0 aromatic heterocycles. The average molecular weight is 899 g/mol. The fraction of sp³-hybridized carbons (Fsp3) is 0.512. The lowest BCUT2D eigenvalue weighted by Gasteiger charge is -2.61. The van der Waals surface area contributed by atoms with Crippen molar-refractivity contribution < 1.29 is 60.8 Å². The van der Waals surface area contributed by atoms with Gasteiger partial charge in [0.15, 0.2) is 30.7 Å². The molecule has 1 aliphatic carbocycles. The number of amides is 2. The van der Waals surface area contributed by atoms with Crippen molar-refractivity contribution >= 4 is 43.3 Å². The van der Waals surface area contributed by atoms with Gasteiger partial charge in [0.25, 0.3) is 12.1 Å². The van der Waals surface area contributed by atoms with E-state index in [0.29, 0.717) is 0 Å². The summed E-state index contributed by atoms with van der Waals surface area (Å²) in [4.78, 5) is 44.7. The van der Waals surface area contributed by atoms with E-state index in [1.165, 1.54) is 22.0 Å². The van der Waals surface area contributed by atoms with Crippen molar-refractivity contribution in [2.75, 3.05) is 20.7 Å². The number of carbonyl (C=O) groups excluding carboxylic acids is 3. The van der Waals surface area contributed by atoms with Crippen LogP contribution < -0.4 is 0 Å². The van der Waals surface area contributed by atoms with Crippen LogP contribution in [0.3, 0.4) is 0 Å². The Labute approximate surface area is 362 Å². The van der Waals surface area contributed by atoms with Crippen LogP contribution in [0.15, 0.2) is 97.5 Å². The first-order valence-corrected chi connectivity index (χ1v) is 30.5. The second-order valence-electron chi connectivity index (χ2n) is 18.1. The van der Waals surface area contributed by atoms with Crippen molar-refractivity contribution in [2.45, 2.75) is 121 Å². The van der Waals surface area contributed by atoms with Crippen molar-refractivity contribution in [3.63, 3.8) is 0 Å². The molecule has 1 saturated carbocycles. The van der Waals surface area contributed by atoms with Gasteiger partial charge in [-0.05, 0) is 70.1 Å². The molecule has 18 heteroatoms. The van der Waals surface area contributed by atoms with Gasteiger partial charge in [0, 0.05) is 20.2 Å². The molecule has 15 nitrogen and oxygen atoms in total. The second kappa shape index (κ2) is 19.4. The minimum absolute atomic E-state index is 0.00948. The molecule has 334 valence electrons. The van der Waals surface area contributed by atoms with Crippen molar-refractivity contribution in [3.05, 3.63) is 109 Å². The molecule has 0 radical (unpaired) electrons. The van der Waals surface area contributed by atoms with Crippen molar-refractivity contribution in [2.24, 2.45) is 0 Å². The van der Waals surface area contributed by atoms with Gasteiger partial charge in [0.2, 0.25) is 0 Å². The molecule has 2 heterocycles. The zero-order chi connectivity index (χ0) is 44.9. The number of hydrogen-bond acceptors (Lipinski definition) is 13. The van der Waals surface area contributed by atoms with Crippen LogP contribution in [0.25, 0.3) is 0 Å². The Morgan fingerprint density at radius 3 is 1.72 bits per heavy atom. The smallest absolute Gasteiger partial charge is 0.459 e. The van der Waals surface area contributed by atoms with E-state index in [4.69, 9.17) is 46.4 Å². The molecule has 5 rings (SSSR count). The van der Waals surface area contributed by atoms with Gasteiger partial charge in [-0.3, -0.25) is 0 Å². The van der Waals surface area contributed by atoms with Gasteiger partial charge >= 0.3 is 18.3 Å². The third kappa shape index (κ3) is 12.2. The molecule has 2 amide bonds. The summed E-state index contributed by atoms with van der Waals surface area (Å²) >= 11 is 0. The van der Waals surface area contributed by atoms with Crippen molar-refractivity contribution in [1.29, 1.82) is 0 Å². The molecule has 3 aliphatic rings. The van der Waals surface area contributed by atoms with E-state index in [0.717, 1.165) is 11.1 Å². The number of likely N-dealkylation sites (N-methyl/N-ethyl adjacent to an activating group) is 2. The highest BCUT2D eigenvalue weighted by molar-refractivity contribution is 6.70. The molecule has 0 unspecified atom stereocenters. The van der Waals surface area contributed by atoms with Crippen molar-refractivity contribution in [3.8, 4) is 0 Å². The first kappa shape index (κ1) is 47.8. The summed E-state index contributed by atoms with van der Waals surface area (Å²) < 4.78 is 64.5. The summed E-state index contributed by atoms with van der Waals surface area (Å²) in [6.45, 7) is 25.4. The third-order valence-electron chi connectivity index (χ3n) is 9.62. The predicted molar refractivity (Wildman–Crippen MR) is 234 cm³/mol. The summed E-state index contributed by atoms with van der Waals surface area (Å²) in [6, 6.07) is 16.7. The van der Waals surface area contributed by atoms with E-state index in [9.17, 15) is 14.4 Å². The van der Waals surface area contributed by atoms with Crippen LogP contribution in [0.5, 0.6) is 0 Å². The van der Waals surface area contributed by atoms with E-state index in [1.807, 2.05) is 120 Å². The van der Waals surface area contributed by atoms with Crippen LogP contribution in [0, 0.1) is 0 Å². The topological polar surface area (TPSA) is 150 Å². The van der Waals surface area contributed by atoms with E-state index in [-0.39, 0.29) is 31.3 Å². The number of benzene rings is 2. The van der Waals surface area contributed by atoms with E-state index < -0.39 is 91.9 Å². The fourth-order valence-corrected chi connectivity index (χ4v) is 10.8. The van der Waals surface area contributed by atoms with Crippen LogP contribution in [-0.4, -0.2) is 122 Å². The Hall–Kier alpha value is -4.28. The zero-order valence-electron chi connectivity index (χ0n) is 37.2. The molecule has 0 spiro atoms. The van der Waals surface area contributed by atoms with Crippen LogP contribution in [0.2, 0.25) is 58.9 Å². The van der Waals surface area contributed by atoms with Gasteiger partial charge in [-0.15, -0.1) is 0 Å². The Balaban J connectivity index is 1.70. The Kier molecular flexibility index (Phi) is 15.2. The number of hydrogen-bond donors (Lipinski definition) is 0. The minimum atomic E-state index is -2.70. The van der Waals surface area contributed by atoms with E-state index in [2.05, 4.69) is 13.2 Å². The van der Waals surface area contributed by atoms with Gasteiger partial charge in [0.1, 0.15) is 37.8 Å². The molecule has 2 aromatic carbocycles. The molecule has 0 N–H and O–H groups in total. The molecule has 2 fully saturated rings. The molecular formula is C43H62N2O13Si3. The maximum Gasteiger partial charge on any atom is 0.514 e. The van der Waals surface area contributed by atoms with Crippen LogP contribution in [0.1, 0.15) is 11.1 Å². The molecule has 8 atom stereocenters. The van der Waals surface area contributed by atoms with Gasteiger partial charge in [-0.2, -0.15) is 0 Å². The predicted octanol–water partition coefficient (Wildman–Crippen LogP) is 8.14. The fourth-order valence-electron chi connectivity index (χ4n) is 7.42. The largest absolute Gasteiger partial charge is 0.514 e. The van der Waals surface area contributed by atoms with Crippen molar-refractivity contribution in [1.82, 2.24) is 9.80 Å². The quantitative estimate of drug-likeness (QED) is 0.0733. The SMILES string of the molecule is C=CCOC(=O)OC1=CC(=C)O[C@H]2O[C@@H]3[C@@H](O[Si](C)(C)C)[C@H](N(C)C(=O)OCc4ccccc4)[C@H](O[Si](C)(C)C)[C@H](N(C)C(=O)OCc4ccccc4)[C@H]3O[C@@]12O[Si](C)(C)C. The maximum atomic E-state index is 14.4. The summed E-state index contributed by atoms with van der Waals surface area (Å²) in [5.41, 5.74) is 1.58. The van der Waals surface area contributed by atoms with Crippen LogP contribution in [0.4, 0.5) is 14.4 Å². The number of allylic oxidation sites excluding steroid dienone is 1. The molecule has 2 aromatic rings. The minimum Gasteiger partial charge on any atom is -0.459 e. The number of ether oxygens (including phenoxy) is 7. The summed E-state index contributed by atoms with van der Waals surface area (Å²) in [7, 11) is -4.62. The maximum absolute atomic E-state index is 14.4. The normalized spacial score (nSPS) is 26.3. The lowest BCUT2D eigenvalue weighted by molar-refractivity contribution is -0.410. The van der Waals surface area contributed by atoms with Gasteiger partial charge in [-0.1, -0.05) is 79.9 Å². The lowest BCUT2D eigenvalue weighted by atomic mass is 9.79. The number of fused-ring (bicyclic) bond motifs is 2. The third-order valence-corrected chi connectivity index (χ3v) is 12.5. The highest BCUT2D eigenvalue weighted by Gasteiger charge is 2.68. The first-order valence-electron chi connectivity index (χ1n) is 20.3. The zero-order valence-corrected chi connectivity index (χ0v) is 40.2. The highest BCUT2D eigenvalue weighted by Crippen LogP contribution is 2.49. The first-order chi connectivity index (χ1) is 28.5. The monoisotopic (exact) mass is 898 g/mol. The van der Waals surface area contributed by atoms with Crippen LogP contribution >= 0.6 is 0 Å². The molecule has 1 saturated heterocycles. The molecule has 61 heavy (non-hydrogen) atoms. The number of rotatable bonds is 15. The number of carbonyl (C=O) groups is 3. The van der Waals surface area contributed by atoms with Gasteiger partial charge in [-0.25, -0.2) is 14.4 Å². The van der Waals surface area contributed by atoms with Crippen LogP contribution in [-0.2, 0) is 59.6 Å². The average Bonchev–Trinajstić information content (AvgIpc) is 3.17. The molecule has 0 bridgehead atoms. The summed E-state index contributed by atoms with van der Waals surface area (Å²) in [6.07, 6.45) is -5.20. The summed E-state index contributed by atoms with van der Waals surface area (Å²) in [5.74, 6) is -2.08. The molecular weight excluding hydrogens is 837 g/mol. The standard InChI is InChI=1S/C43H62N2O13Si3/c1-14-25-49-42(48)53-32-26-29(2)52-39-43(32,58-61(11,12)13)55-36-33(44(3)40(46)50-27-30-21-17-15-18-22-30)35(56-59(5,6)7)34(37(38(36)54-39)57-60(8,9)10)45(4)41(47)51-28-31-23-19-16-20-24-31/h14-24,26,33-39H,1-2,25,27-28H2,3-13H3/t33-,34+,35+,36+,37-,38-,39-,43+/m0/s1. The lowest BCUT2D eigenvalue weighted by Crippen LogP contribution is -2.79. The number of nitrogens with zero attached hydrogens (tertiary/aromatic N) is 2. The Morgan fingerprint density at radius 2 is 1.23 bits per heavy atom. The second-order valence-corrected chi connectivity index (χ2v) is 31.5.